The summed E-state index contributed by atoms with van der Waals surface area (Å²) in [6, 6.07) is 10.3. The van der Waals surface area contributed by atoms with Crippen LogP contribution in [0.2, 0.25) is 0 Å². The van der Waals surface area contributed by atoms with Gasteiger partial charge in [-0.25, -0.2) is 0 Å². The molecule has 168 valence electrons. The second kappa shape index (κ2) is 10.4. The van der Waals surface area contributed by atoms with E-state index in [1.54, 1.807) is 44.2 Å². The lowest BCUT2D eigenvalue weighted by molar-refractivity contribution is -0.385. The molecule has 9 heteroatoms. The first-order valence-corrected chi connectivity index (χ1v) is 10.1. The molecule has 0 bridgehead atoms. The summed E-state index contributed by atoms with van der Waals surface area (Å²) >= 11 is 0. The van der Waals surface area contributed by atoms with E-state index in [1.807, 2.05) is 0 Å². The van der Waals surface area contributed by atoms with Gasteiger partial charge in [-0.2, -0.15) is 0 Å². The van der Waals surface area contributed by atoms with Gasteiger partial charge in [-0.15, -0.1) is 0 Å². The number of nitrogens with one attached hydrogen (secondary N) is 1. The van der Waals surface area contributed by atoms with Gasteiger partial charge in [0.2, 0.25) is 5.91 Å². The molecule has 1 heterocycles. The van der Waals surface area contributed by atoms with E-state index in [4.69, 9.17) is 14.2 Å². The van der Waals surface area contributed by atoms with E-state index in [9.17, 15) is 19.7 Å². The number of carbonyl (C=O) groups is 2. The zero-order valence-electron chi connectivity index (χ0n) is 17.8. The minimum atomic E-state index is -0.930. The molecule has 32 heavy (non-hydrogen) atoms. The maximum absolute atomic E-state index is 12.6. The van der Waals surface area contributed by atoms with E-state index >= 15 is 0 Å². The summed E-state index contributed by atoms with van der Waals surface area (Å²) in [5.41, 5.74) is 0.746. The van der Waals surface area contributed by atoms with Crippen LogP contribution in [-0.4, -0.2) is 36.1 Å². The summed E-state index contributed by atoms with van der Waals surface area (Å²) in [6.07, 6.45) is 2.28. The molecular weight excluding hydrogens is 416 g/mol. The number of nitro groups is 1. The van der Waals surface area contributed by atoms with Gasteiger partial charge in [0, 0.05) is 12.1 Å². The van der Waals surface area contributed by atoms with Crippen LogP contribution in [0.25, 0.3) is 6.08 Å². The van der Waals surface area contributed by atoms with Gasteiger partial charge in [-0.05, 0) is 37.6 Å². The molecule has 2 aromatic rings. The van der Waals surface area contributed by atoms with Gasteiger partial charge in [0.15, 0.2) is 11.5 Å². The molecule has 0 aliphatic carbocycles. The molecule has 0 spiro atoms. The van der Waals surface area contributed by atoms with Crippen molar-refractivity contribution in [2.24, 2.45) is 0 Å². The minimum Gasteiger partial charge on any atom is -0.486 e. The molecule has 0 saturated heterocycles. The summed E-state index contributed by atoms with van der Waals surface area (Å²) < 4.78 is 16.2. The number of fused-ring (bicyclic) bond motifs is 1. The van der Waals surface area contributed by atoms with Crippen molar-refractivity contribution in [3.63, 3.8) is 0 Å². The van der Waals surface area contributed by atoms with E-state index in [-0.39, 0.29) is 23.8 Å². The van der Waals surface area contributed by atoms with Crippen LogP contribution in [0.3, 0.4) is 0 Å². The number of ether oxygens (including phenoxy) is 3. The summed E-state index contributed by atoms with van der Waals surface area (Å²) in [6.45, 7) is 4.33. The second-order valence-electron chi connectivity index (χ2n) is 7.36. The van der Waals surface area contributed by atoms with Crippen molar-refractivity contribution in [2.45, 2.75) is 32.4 Å². The Bertz CT molecular complexity index is 1030. The summed E-state index contributed by atoms with van der Waals surface area (Å²) in [5, 5.41) is 14.1. The Morgan fingerprint density at radius 3 is 2.59 bits per heavy atom. The Kier molecular flexibility index (Phi) is 7.43. The predicted octanol–water partition coefficient (Wildman–Crippen LogP) is 3.58. The van der Waals surface area contributed by atoms with E-state index < -0.39 is 22.8 Å². The normalized spacial score (nSPS) is 13.6. The van der Waals surface area contributed by atoms with Gasteiger partial charge < -0.3 is 19.5 Å². The van der Waals surface area contributed by atoms with E-state index in [0.29, 0.717) is 30.3 Å². The number of hydrogen-bond donors (Lipinski definition) is 1. The fourth-order valence-electron chi connectivity index (χ4n) is 3.22. The van der Waals surface area contributed by atoms with Gasteiger partial charge in [-0.1, -0.05) is 24.3 Å². The number of esters is 1. The maximum Gasteiger partial charge on any atom is 0.308 e. The summed E-state index contributed by atoms with van der Waals surface area (Å²) in [5.74, 6) is 0.144. The van der Waals surface area contributed by atoms with Crippen molar-refractivity contribution >= 4 is 23.6 Å². The number of hydrogen-bond acceptors (Lipinski definition) is 7. The first-order valence-electron chi connectivity index (χ1n) is 10.1. The standard InChI is InChI=1S/C23H24N2O7/c1-15(2)32-23(27)14-18(17-5-3-4-6-19(17)25(28)29)24-22(26)10-8-16-7-9-20-21(13-16)31-12-11-30-20/h3-10,13,15,18H,11-12,14H2,1-2H3,(H,24,26)/b10-8+. The molecule has 2 aromatic carbocycles. The van der Waals surface area contributed by atoms with Crippen molar-refractivity contribution in [1.82, 2.24) is 5.32 Å². The highest BCUT2D eigenvalue weighted by Gasteiger charge is 2.26. The Morgan fingerprint density at radius 1 is 1.16 bits per heavy atom. The molecule has 0 radical (unpaired) electrons. The summed E-state index contributed by atoms with van der Waals surface area (Å²) in [7, 11) is 0. The number of nitro benzene ring substituents is 1. The maximum atomic E-state index is 12.6. The largest absolute Gasteiger partial charge is 0.486 e. The third-order valence-corrected chi connectivity index (χ3v) is 4.56. The average molecular weight is 440 g/mol. The molecule has 0 saturated carbocycles. The number of nitrogens with zero attached hydrogens (tertiary/aromatic N) is 1. The number of benzene rings is 2. The summed E-state index contributed by atoms with van der Waals surface area (Å²) in [4.78, 5) is 35.7. The van der Waals surface area contributed by atoms with E-state index in [0.717, 1.165) is 0 Å². The number of para-hydroxylation sites is 1. The van der Waals surface area contributed by atoms with Crippen LogP contribution in [0.5, 0.6) is 11.5 Å². The monoisotopic (exact) mass is 440 g/mol. The van der Waals surface area contributed by atoms with Crippen molar-refractivity contribution in [1.29, 1.82) is 0 Å². The van der Waals surface area contributed by atoms with Crippen LogP contribution in [0.15, 0.2) is 48.5 Å². The van der Waals surface area contributed by atoms with Crippen LogP contribution >= 0.6 is 0 Å². The Labute approximate surface area is 185 Å². The average Bonchev–Trinajstić information content (AvgIpc) is 2.76. The van der Waals surface area contributed by atoms with Crippen LogP contribution in [0.4, 0.5) is 5.69 Å². The fourth-order valence-corrected chi connectivity index (χ4v) is 3.22. The minimum absolute atomic E-state index is 0.189. The Morgan fingerprint density at radius 2 is 1.88 bits per heavy atom. The Hall–Kier alpha value is -3.88. The zero-order valence-corrected chi connectivity index (χ0v) is 17.8. The van der Waals surface area contributed by atoms with Gasteiger partial charge in [0.25, 0.3) is 5.69 Å². The fraction of sp³-hybridized carbons (Fsp3) is 0.304. The zero-order chi connectivity index (χ0) is 23.1. The molecular formula is C23H24N2O7. The lowest BCUT2D eigenvalue weighted by atomic mass is 10.0. The van der Waals surface area contributed by atoms with Crippen LogP contribution < -0.4 is 14.8 Å². The van der Waals surface area contributed by atoms with Gasteiger partial charge in [0.05, 0.1) is 29.1 Å². The molecule has 3 rings (SSSR count). The lowest BCUT2D eigenvalue weighted by Crippen LogP contribution is -2.30. The molecule has 1 amide bonds. The van der Waals surface area contributed by atoms with Crippen LogP contribution in [-0.2, 0) is 14.3 Å². The topological polar surface area (TPSA) is 117 Å². The highest BCUT2D eigenvalue weighted by molar-refractivity contribution is 5.92. The molecule has 1 aliphatic heterocycles. The number of rotatable bonds is 8. The van der Waals surface area contributed by atoms with Crippen molar-refractivity contribution in [3.8, 4) is 11.5 Å². The van der Waals surface area contributed by atoms with Crippen LogP contribution in [0, 0.1) is 10.1 Å². The van der Waals surface area contributed by atoms with Crippen molar-refractivity contribution < 1.29 is 28.7 Å². The first-order chi connectivity index (χ1) is 15.3. The smallest absolute Gasteiger partial charge is 0.308 e. The number of amides is 1. The molecule has 9 nitrogen and oxygen atoms in total. The van der Waals surface area contributed by atoms with Gasteiger partial charge in [0.1, 0.15) is 13.2 Å². The molecule has 0 fully saturated rings. The molecule has 1 unspecified atom stereocenters. The highest BCUT2D eigenvalue weighted by atomic mass is 16.6. The van der Waals surface area contributed by atoms with Crippen molar-refractivity contribution in [2.75, 3.05) is 13.2 Å². The number of carbonyl (C=O) groups excluding carboxylic acids is 2. The molecule has 1 atom stereocenters. The van der Waals surface area contributed by atoms with Crippen LogP contribution in [0.1, 0.15) is 37.4 Å². The van der Waals surface area contributed by atoms with Crippen molar-refractivity contribution in [3.05, 3.63) is 69.8 Å². The van der Waals surface area contributed by atoms with E-state index in [2.05, 4.69) is 5.32 Å². The molecule has 1 N–H and O–H groups in total. The molecule has 0 aromatic heterocycles. The SMILES string of the molecule is CC(C)OC(=O)CC(NC(=O)/C=C/c1ccc2c(c1)OCCO2)c1ccccc1[N+](=O)[O-]. The third kappa shape index (κ3) is 6.07. The van der Waals surface area contributed by atoms with Gasteiger partial charge in [-0.3, -0.25) is 19.7 Å². The quantitative estimate of drug-likeness (QED) is 0.289. The molecule has 1 aliphatic rings. The second-order valence-corrected chi connectivity index (χ2v) is 7.36. The third-order valence-electron chi connectivity index (χ3n) is 4.56. The predicted molar refractivity (Wildman–Crippen MR) is 116 cm³/mol. The lowest BCUT2D eigenvalue weighted by Gasteiger charge is -2.19. The highest BCUT2D eigenvalue weighted by Crippen LogP contribution is 2.31. The van der Waals surface area contributed by atoms with E-state index in [1.165, 1.54) is 24.3 Å². The van der Waals surface area contributed by atoms with Gasteiger partial charge >= 0.3 is 5.97 Å². The Balaban J connectivity index is 1.78. The first kappa shape index (κ1) is 22.8.